The van der Waals surface area contributed by atoms with Crippen LogP contribution < -0.4 is 4.90 Å². The van der Waals surface area contributed by atoms with Gasteiger partial charge in [0, 0.05) is 38.3 Å². The molecule has 0 fully saturated rings. The Hall–Kier alpha value is -6.90. The molecular weight excluding hydrogens is 665 g/mol. The molecule has 9 aromatic carbocycles. The van der Waals surface area contributed by atoms with Gasteiger partial charge >= 0.3 is 0 Å². The number of rotatable bonds is 5. The number of hydrogen-bond acceptors (Lipinski definition) is 1. The number of benzene rings is 9. The van der Waals surface area contributed by atoms with Crippen LogP contribution in [0.2, 0.25) is 0 Å². The number of hydrogen-bond donors (Lipinski definition) is 0. The smallest absolute Gasteiger partial charge is 0.0541 e. The highest BCUT2D eigenvalue weighted by atomic mass is 15.1. The maximum absolute atomic E-state index is 2.47. The molecule has 0 N–H and O–H groups in total. The first kappa shape index (κ1) is 31.6. The average molecular weight is 703 g/mol. The van der Waals surface area contributed by atoms with E-state index in [-0.39, 0.29) is 5.41 Å². The largest absolute Gasteiger partial charge is 0.309 e. The van der Waals surface area contributed by atoms with Gasteiger partial charge < -0.3 is 9.47 Å². The second-order valence-corrected chi connectivity index (χ2v) is 15.3. The summed E-state index contributed by atoms with van der Waals surface area (Å²) in [5.74, 6) is 0. The van der Waals surface area contributed by atoms with Gasteiger partial charge in [0.1, 0.15) is 0 Å². The first-order valence-electron chi connectivity index (χ1n) is 19.2. The fourth-order valence-corrected chi connectivity index (χ4v) is 9.36. The Labute approximate surface area is 321 Å². The third-order valence-corrected chi connectivity index (χ3v) is 12.0. The van der Waals surface area contributed by atoms with Crippen molar-refractivity contribution in [1.82, 2.24) is 4.57 Å². The molecule has 0 unspecified atom stereocenters. The zero-order valence-corrected chi connectivity index (χ0v) is 30.9. The van der Waals surface area contributed by atoms with Crippen molar-refractivity contribution in [3.8, 4) is 27.9 Å². The molecule has 0 radical (unpaired) electrons. The van der Waals surface area contributed by atoms with Crippen LogP contribution in [0.3, 0.4) is 0 Å². The van der Waals surface area contributed by atoms with E-state index in [2.05, 4.69) is 217 Å². The van der Waals surface area contributed by atoms with Crippen molar-refractivity contribution in [2.24, 2.45) is 0 Å². The standard InChI is InChI=1S/C53H38N2/c1-53(2)46-23-13-22-42(37-28-30-38(31-29-37)54-50-24-9-7-20-43(50)44-21-8-10-25-51(44)54)52(46)45-33-32-39(34-47(45)53)55(48-26-11-16-35-14-3-5-18-40(35)48)49-27-12-17-36-15-4-6-19-41(36)49/h3-34H,1-2H3. The monoisotopic (exact) mass is 702 g/mol. The summed E-state index contributed by atoms with van der Waals surface area (Å²) in [7, 11) is 0. The van der Waals surface area contributed by atoms with E-state index in [0.717, 1.165) is 5.69 Å². The van der Waals surface area contributed by atoms with E-state index in [0.29, 0.717) is 0 Å². The van der Waals surface area contributed by atoms with Crippen LogP contribution in [0.5, 0.6) is 0 Å². The normalized spacial score (nSPS) is 13.1. The molecule has 1 aromatic heterocycles. The van der Waals surface area contributed by atoms with Crippen molar-refractivity contribution < 1.29 is 0 Å². The van der Waals surface area contributed by atoms with Crippen molar-refractivity contribution in [2.75, 3.05) is 4.90 Å². The molecule has 0 saturated heterocycles. The first-order chi connectivity index (χ1) is 27.1. The Bertz CT molecular complexity index is 2980. The molecular formula is C53H38N2. The van der Waals surface area contributed by atoms with Gasteiger partial charge in [-0.05, 0) is 92.7 Å². The van der Waals surface area contributed by atoms with Crippen molar-refractivity contribution in [3.63, 3.8) is 0 Å². The van der Waals surface area contributed by atoms with Gasteiger partial charge in [0.05, 0.1) is 22.4 Å². The summed E-state index contributed by atoms with van der Waals surface area (Å²) in [5.41, 5.74) is 14.8. The van der Waals surface area contributed by atoms with Crippen LogP contribution in [-0.2, 0) is 5.41 Å². The lowest BCUT2D eigenvalue weighted by molar-refractivity contribution is 0.660. The highest BCUT2D eigenvalue weighted by Crippen LogP contribution is 2.54. The first-order valence-corrected chi connectivity index (χ1v) is 19.2. The number of anilines is 3. The number of aromatic nitrogens is 1. The molecule has 0 aliphatic heterocycles. The Kier molecular flexibility index (Phi) is 6.93. The fraction of sp³-hybridized carbons (Fsp3) is 0.0566. The summed E-state index contributed by atoms with van der Waals surface area (Å²) in [6, 6.07) is 71.4. The zero-order chi connectivity index (χ0) is 36.7. The van der Waals surface area contributed by atoms with Crippen molar-refractivity contribution in [2.45, 2.75) is 19.3 Å². The summed E-state index contributed by atoms with van der Waals surface area (Å²) in [6.07, 6.45) is 0. The summed E-state index contributed by atoms with van der Waals surface area (Å²) >= 11 is 0. The lowest BCUT2D eigenvalue weighted by Gasteiger charge is -2.30. The van der Waals surface area contributed by atoms with Crippen molar-refractivity contribution in [1.29, 1.82) is 0 Å². The number of nitrogens with zero attached hydrogens (tertiary/aromatic N) is 2. The fourth-order valence-electron chi connectivity index (χ4n) is 9.36. The van der Waals surface area contributed by atoms with Gasteiger partial charge in [-0.2, -0.15) is 0 Å². The van der Waals surface area contributed by atoms with Crippen LogP contribution in [0.15, 0.2) is 194 Å². The molecule has 0 saturated carbocycles. The van der Waals surface area contributed by atoms with Gasteiger partial charge in [-0.15, -0.1) is 0 Å². The Morgan fingerprint density at radius 3 is 1.56 bits per heavy atom. The van der Waals surface area contributed by atoms with E-state index < -0.39 is 0 Å². The molecule has 0 amide bonds. The summed E-state index contributed by atoms with van der Waals surface area (Å²) in [6.45, 7) is 4.77. The van der Waals surface area contributed by atoms with Gasteiger partial charge in [-0.1, -0.05) is 159 Å². The topological polar surface area (TPSA) is 8.17 Å². The van der Waals surface area contributed by atoms with Gasteiger partial charge in [-0.25, -0.2) is 0 Å². The van der Waals surface area contributed by atoms with Gasteiger partial charge in [0.25, 0.3) is 0 Å². The van der Waals surface area contributed by atoms with E-state index in [4.69, 9.17) is 0 Å². The molecule has 0 spiro atoms. The molecule has 10 aromatic rings. The molecule has 11 rings (SSSR count). The molecule has 1 aliphatic rings. The highest BCUT2D eigenvalue weighted by Gasteiger charge is 2.37. The summed E-state index contributed by atoms with van der Waals surface area (Å²) in [4.78, 5) is 2.47. The lowest BCUT2D eigenvalue weighted by atomic mass is 9.81. The molecule has 55 heavy (non-hydrogen) atoms. The number of para-hydroxylation sites is 2. The quantitative estimate of drug-likeness (QED) is 0.173. The van der Waals surface area contributed by atoms with Gasteiger partial charge in [-0.3, -0.25) is 0 Å². The average Bonchev–Trinajstić information content (AvgIpc) is 3.69. The van der Waals surface area contributed by atoms with Gasteiger partial charge in [0.15, 0.2) is 0 Å². The van der Waals surface area contributed by atoms with E-state index in [1.807, 2.05) is 0 Å². The zero-order valence-electron chi connectivity index (χ0n) is 30.9. The van der Waals surface area contributed by atoms with Crippen LogP contribution in [0, 0.1) is 0 Å². The molecule has 2 nitrogen and oxygen atoms in total. The van der Waals surface area contributed by atoms with Crippen LogP contribution in [-0.4, -0.2) is 4.57 Å². The van der Waals surface area contributed by atoms with E-state index >= 15 is 0 Å². The van der Waals surface area contributed by atoms with Crippen LogP contribution in [0.1, 0.15) is 25.0 Å². The van der Waals surface area contributed by atoms with E-state index in [9.17, 15) is 0 Å². The Balaban J connectivity index is 1.06. The Morgan fingerprint density at radius 2 is 0.945 bits per heavy atom. The minimum atomic E-state index is -0.192. The molecule has 1 heterocycles. The highest BCUT2D eigenvalue weighted by molar-refractivity contribution is 6.09. The molecule has 0 bridgehead atoms. The second-order valence-electron chi connectivity index (χ2n) is 15.3. The van der Waals surface area contributed by atoms with E-state index in [1.54, 1.807) is 0 Å². The lowest BCUT2D eigenvalue weighted by Crippen LogP contribution is -2.16. The summed E-state index contributed by atoms with van der Waals surface area (Å²) < 4.78 is 2.39. The molecule has 260 valence electrons. The second kappa shape index (κ2) is 12.1. The van der Waals surface area contributed by atoms with E-state index in [1.165, 1.54) is 93.8 Å². The van der Waals surface area contributed by atoms with Gasteiger partial charge in [0.2, 0.25) is 0 Å². The van der Waals surface area contributed by atoms with Crippen molar-refractivity contribution >= 4 is 60.4 Å². The molecule has 0 atom stereocenters. The third kappa shape index (κ3) is 4.74. The predicted molar refractivity (Wildman–Crippen MR) is 233 cm³/mol. The maximum Gasteiger partial charge on any atom is 0.0541 e. The summed E-state index contributed by atoms with van der Waals surface area (Å²) in [5, 5.41) is 7.47. The third-order valence-electron chi connectivity index (χ3n) is 12.0. The minimum Gasteiger partial charge on any atom is -0.309 e. The SMILES string of the molecule is CC1(C)c2cc(N(c3cccc4ccccc34)c3cccc4ccccc34)ccc2-c2c(-c3ccc(-n4c5ccccc5c5ccccc54)cc3)cccc21. The molecule has 2 heteroatoms. The predicted octanol–water partition coefficient (Wildman–Crippen LogP) is 14.5. The molecule has 1 aliphatic carbocycles. The minimum absolute atomic E-state index is 0.192. The van der Waals surface area contributed by atoms with Crippen LogP contribution in [0.4, 0.5) is 17.1 Å². The number of fused-ring (bicyclic) bond motifs is 8. The Morgan fingerprint density at radius 1 is 0.418 bits per heavy atom. The van der Waals surface area contributed by atoms with Crippen LogP contribution in [0.25, 0.3) is 71.3 Å². The van der Waals surface area contributed by atoms with Crippen molar-refractivity contribution in [3.05, 3.63) is 205 Å². The van der Waals surface area contributed by atoms with Crippen LogP contribution >= 0.6 is 0 Å². The maximum atomic E-state index is 2.47.